The lowest BCUT2D eigenvalue weighted by molar-refractivity contribution is -0.121. The fourth-order valence-electron chi connectivity index (χ4n) is 2.51. The summed E-state index contributed by atoms with van der Waals surface area (Å²) in [5, 5.41) is 0. The molecule has 0 aliphatic heterocycles. The molecule has 2 aromatic rings. The molecule has 20 heavy (non-hydrogen) atoms. The van der Waals surface area contributed by atoms with Crippen molar-refractivity contribution in [2.24, 2.45) is 14.1 Å². The molecule has 108 valence electrons. The molecule has 0 saturated carbocycles. The predicted octanol–water partition coefficient (Wildman–Crippen LogP) is 2.25. The second kappa shape index (κ2) is 5.23. The maximum atomic E-state index is 12.7. The highest BCUT2D eigenvalue weighted by atomic mass is 16.1. The van der Waals surface area contributed by atoms with Gasteiger partial charge in [-0.2, -0.15) is 0 Å². The van der Waals surface area contributed by atoms with Crippen LogP contribution in [0.2, 0.25) is 0 Å². The van der Waals surface area contributed by atoms with E-state index in [9.17, 15) is 4.79 Å². The minimum absolute atomic E-state index is 0.161. The molecule has 5 nitrogen and oxygen atoms in total. The molecule has 2 heterocycles. The second-order valence-corrected chi connectivity index (χ2v) is 5.50. The first-order chi connectivity index (χ1) is 9.34. The van der Waals surface area contributed by atoms with Crippen molar-refractivity contribution in [2.75, 3.05) is 0 Å². The van der Waals surface area contributed by atoms with Crippen molar-refractivity contribution in [3.05, 3.63) is 35.4 Å². The Bertz CT molecular complexity index is 584. The van der Waals surface area contributed by atoms with E-state index in [1.54, 1.807) is 12.7 Å². The normalized spacial score (nSPS) is 14.3. The smallest absolute Gasteiger partial charge is 0.150 e. The molecule has 0 saturated heterocycles. The van der Waals surface area contributed by atoms with Gasteiger partial charge in [-0.3, -0.25) is 4.79 Å². The molecule has 0 aliphatic carbocycles. The fraction of sp³-hybridized carbons (Fsp3) is 0.533. The Labute approximate surface area is 119 Å². The van der Waals surface area contributed by atoms with Gasteiger partial charge in [0.2, 0.25) is 0 Å². The molecular weight excluding hydrogens is 252 g/mol. The number of hydrogen-bond donors (Lipinski definition) is 0. The summed E-state index contributed by atoms with van der Waals surface area (Å²) in [7, 11) is 3.88. The zero-order chi connectivity index (χ0) is 15.0. The zero-order valence-corrected chi connectivity index (χ0v) is 13.0. The van der Waals surface area contributed by atoms with E-state index in [1.165, 1.54) is 0 Å². The topological polar surface area (TPSA) is 52.7 Å². The molecule has 0 spiro atoms. The molecule has 2 atom stereocenters. The van der Waals surface area contributed by atoms with Crippen LogP contribution >= 0.6 is 0 Å². The van der Waals surface area contributed by atoms with Crippen LogP contribution in [0.3, 0.4) is 0 Å². The first kappa shape index (κ1) is 14.5. The molecule has 0 amide bonds. The van der Waals surface area contributed by atoms with E-state index >= 15 is 0 Å². The van der Waals surface area contributed by atoms with Crippen molar-refractivity contribution in [3.63, 3.8) is 0 Å². The van der Waals surface area contributed by atoms with Gasteiger partial charge in [-0.15, -0.1) is 0 Å². The van der Waals surface area contributed by atoms with Crippen molar-refractivity contribution in [3.8, 4) is 0 Å². The predicted molar refractivity (Wildman–Crippen MR) is 77.7 cm³/mol. The number of imidazole rings is 2. The van der Waals surface area contributed by atoms with Crippen molar-refractivity contribution in [1.29, 1.82) is 0 Å². The molecule has 0 radical (unpaired) electrons. The van der Waals surface area contributed by atoms with Crippen molar-refractivity contribution >= 4 is 5.78 Å². The first-order valence-corrected chi connectivity index (χ1v) is 6.84. The van der Waals surface area contributed by atoms with Crippen LogP contribution in [-0.2, 0) is 18.9 Å². The Hall–Kier alpha value is -1.91. The minimum atomic E-state index is -0.215. The molecule has 2 aromatic heterocycles. The molecule has 0 N–H and O–H groups in total. The van der Waals surface area contributed by atoms with Gasteiger partial charge in [0.15, 0.2) is 5.78 Å². The maximum absolute atomic E-state index is 12.7. The summed E-state index contributed by atoms with van der Waals surface area (Å²) >= 11 is 0. The summed E-state index contributed by atoms with van der Waals surface area (Å²) in [4.78, 5) is 21.4. The lowest BCUT2D eigenvalue weighted by Gasteiger charge is -2.15. The Kier molecular flexibility index (Phi) is 3.79. The van der Waals surface area contributed by atoms with Crippen LogP contribution in [0.1, 0.15) is 48.5 Å². The molecule has 0 aliphatic rings. The molecule has 0 fully saturated rings. The highest BCUT2D eigenvalue weighted by Gasteiger charge is 2.28. The number of ketones is 1. The Morgan fingerprint density at radius 2 is 1.30 bits per heavy atom. The second-order valence-electron chi connectivity index (χ2n) is 5.50. The molecular formula is C15H22N4O. The van der Waals surface area contributed by atoms with Gasteiger partial charge in [0.1, 0.15) is 0 Å². The Morgan fingerprint density at radius 3 is 1.55 bits per heavy atom. The summed E-state index contributed by atoms with van der Waals surface area (Å²) in [5.74, 6) is -0.270. The summed E-state index contributed by atoms with van der Waals surface area (Å²) in [6, 6.07) is 0. The fourth-order valence-corrected chi connectivity index (χ4v) is 2.51. The maximum Gasteiger partial charge on any atom is 0.150 e. The average Bonchev–Trinajstić information content (AvgIpc) is 2.93. The lowest BCUT2D eigenvalue weighted by Crippen LogP contribution is -2.19. The third-order valence-corrected chi connectivity index (χ3v) is 4.21. The van der Waals surface area contributed by atoms with Gasteiger partial charge in [0.25, 0.3) is 0 Å². The van der Waals surface area contributed by atoms with E-state index in [0.29, 0.717) is 0 Å². The molecule has 2 rings (SSSR count). The van der Waals surface area contributed by atoms with Crippen LogP contribution < -0.4 is 0 Å². The van der Waals surface area contributed by atoms with Crippen LogP contribution in [0.4, 0.5) is 0 Å². The third kappa shape index (κ3) is 2.28. The number of hydrogen-bond acceptors (Lipinski definition) is 3. The minimum Gasteiger partial charge on any atom is -0.338 e. The number of carbonyl (C=O) groups excluding carboxylic acids is 1. The summed E-state index contributed by atoms with van der Waals surface area (Å²) < 4.78 is 3.88. The SMILES string of the molecule is Cc1c(C(C)C(=O)C(C)c2ncn(C)c2C)ncn1C. The van der Waals surface area contributed by atoms with Crippen LogP contribution in [0, 0.1) is 13.8 Å². The molecule has 2 unspecified atom stereocenters. The van der Waals surface area contributed by atoms with Crippen LogP contribution in [0.15, 0.2) is 12.7 Å². The quantitative estimate of drug-likeness (QED) is 0.859. The Morgan fingerprint density at radius 1 is 0.950 bits per heavy atom. The average molecular weight is 274 g/mol. The summed E-state index contributed by atoms with van der Waals surface area (Å²) in [5.41, 5.74) is 3.79. The van der Waals surface area contributed by atoms with Crippen LogP contribution in [-0.4, -0.2) is 24.9 Å². The largest absolute Gasteiger partial charge is 0.338 e. The van der Waals surface area contributed by atoms with Gasteiger partial charge in [-0.1, -0.05) is 0 Å². The van der Waals surface area contributed by atoms with Gasteiger partial charge < -0.3 is 9.13 Å². The van der Waals surface area contributed by atoms with E-state index in [4.69, 9.17) is 0 Å². The summed E-state index contributed by atoms with van der Waals surface area (Å²) in [6.45, 7) is 7.82. The molecule has 5 heteroatoms. The van der Waals surface area contributed by atoms with Gasteiger partial charge in [0.05, 0.1) is 35.9 Å². The van der Waals surface area contributed by atoms with Crippen molar-refractivity contribution in [2.45, 2.75) is 39.5 Å². The highest BCUT2D eigenvalue weighted by molar-refractivity contribution is 5.90. The van der Waals surface area contributed by atoms with Crippen LogP contribution in [0.5, 0.6) is 0 Å². The van der Waals surface area contributed by atoms with E-state index in [-0.39, 0.29) is 17.6 Å². The number of aromatic nitrogens is 4. The number of nitrogens with zero attached hydrogens (tertiary/aromatic N) is 4. The number of aryl methyl sites for hydroxylation is 2. The highest BCUT2D eigenvalue weighted by Crippen LogP contribution is 2.27. The van der Waals surface area contributed by atoms with Crippen LogP contribution in [0.25, 0.3) is 0 Å². The van der Waals surface area contributed by atoms with E-state index in [1.807, 2.05) is 50.9 Å². The van der Waals surface area contributed by atoms with E-state index < -0.39 is 0 Å². The van der Waals surface area contributed by atoms with E-state index in [2.05, 4.69) is 9.97 Å². The number of carbonyl (C=O) groups is 1. The van der Waals surface area contributed by atoms with Gasteiger partial charge >= 0.3 is 0 Å². The monoisotopic (exact) mass is 274 g/mol. The zero-order valence-electron chi connectivity index (χ0n) is 13.0. The van der Waals surface area contributed by atoms with Crippen molar-refractivity contribution in [1.82, 2.24) is 19.1 Å². The lowest BCUT2D eigenvalue weighted by atomic mass is 9.89. The van der Waals surface area contributed by atoms with Crippen molar-refractivity contribution < 1.29 is 4.79 Å². The third-order valence-electron chi connectivity index (χ3n) is 4.21. The molecule has 0 bridgehead atoms. The standard InChI is InChI=1S/C15H22N4O/c1-9(13-11(3)18(5)7-16-13)15(20)10(2)14-12(4)19(6)8-17-14/h7-10H,1-6H3. The molecule has 0 aromatic carbocycles. The van der Waals surface area contributed by atoms with Gasteiger partial charge in [-0.25, -0.2) is 9.97 Å². The number of Topliss-reactive ketones (excluding diaryl/α,β-unsaturated/α-hetero) is 1. The first-order valence-electron chi connectivity index (χ1n) is 6.84. The number of rotatable bonds is 4. The van der Waals surface area contributed by atoms with Gasteiger partial charge in [0, 0.05) is 25.5 Å². The van der Waals surface area contributed by atoms with E-state index in [0.717, 1.165) is 22.8 Å². The Balaban J connectivity index is 2.27. The van der Waals surface area contributed by atoms with Gasteiger partial charge in [-0.05, 0) is 27.7 Å². The summed E-state index contributed by atoms with van der Waals surface area (Å²) in [6.07, 6.45) is 3.51.